The predicted molar refractivity (Wildman–Crippen MR) is 203 cm³/mol. The van der Waals surface area contributed by atoms with E-state index in [2.05, 4.69) is 10.6 Å². The van der Waals surface area contributed by atoms with Gasteiger partial charge in [0.2, 0.25) is 11.8 Å². The van der Waals surface area contributed by atoms with E-state index in [1.54, 1.807) is 97.1 Å². The van der Waals surface area contributed by atoms with E-state index >= 15 is 9.59 Å². The number of para-hydroxylation sites is 2. The fraction of sp³-hybridized carbons (Fsp3) is 0.0667. The Bertz CT molecular complexity index is 2200. The fourth-order valence-corrected chi connectivity index (χ4v) is 6.84. The van der Waals surface area contributed by atoms with E-state index in [1.807, 2.05) is 78.9 Å². The van der Waals surface area contributed by atoms with Crippen LogP contribution in [0.1, 0.15) is 32.2 Å². The van der Waals surface area contributed by atoms with Crippen molar-refractivity contribution >= 4 is 56.3 Å². The van der Waals surface area contributed by atoms with Crippen LogP contribution >= 0.6 is 0 Å². The maximum absolute atomic E-state index is 15.2. The Morgan fingerprint density at radius 2 is 0.725 bits per heavy atom. The first kappa shape index (κ1) is 32.9. The van der Waals surface area contributed by atoms with E-state index in [0.29, 0.717) is 38.8 Å². The van der Waals surface area contributed by atoms with Crippen molar-refractivity contribution in [3.63, 3.8) is 0 Å². The van der Waals surface area contributed by atoms with E-state index in [9.17, 15) is 9.59 Å². The van der Waals surface area contributed by atoms with Crippen LogP contribution in [0.2, 0.25) is 0 Å². The lowest BCUT2D eigenvalue weighted by Crippen LogP contribution is -2.44. The molecule has 0 aliphatic rings. The van der Waals surface area contributed by atoms with Crippen molar-refractivity contribution in [3.8, 4) is 0 Å². The number of fused-ring (bicyclic) bond motifs is 2. The van der Waals surface area contributed by atoms with Gasteiger partial charge in [0.25, 0.3) is 0 Å². The van der Waals surface area contributed by atoms with Gasteiger partial charge in [-0.3, -0.25) is 19.2 Å². The number of carbonyl (C=O) groups is 4. The van der Waals surface area contributed by atoms with Crippen LogP contribution < -0.4 is 10.6 Å². The van der Waals surface area contributed by atoms with E-state index in [4.69, 9.17) is 0 Å². The zero-order valence-corrected chi connectivity index (χ0v) is 27.6. The van der Waals surface area contributed by atoms with Gasteiger partial charge in [-0.1, -0.05) is 152 Å². The van der Waals surface area contributed by atoms with E-state index in [1.165, 1.54) is 0 Å². The number of ketones is 2. The molecule has 0 aromatic heterocycles. The molecule has 51 heavy (non-hydrogen) atoms. The SMILES string of the molecule is O=C(Nc1ccccc1)C(C(=O)c1cccc2ccccc12)C(c1ccccc1)C(C(=O)Nc1ccccc1)C(=O)c1cccc2ccccc12. The Morgan fingerprint density at radius 3 is 1.16 bits per heavy atom. The number of rotatable bonds is 11. The number of nitrogens with one attached hydrogen (secondary N) is 2. The van der Waals surface area contributed by atoms with Gasteiger partial charge < -0.3 is 10.6 Å². The molecule has 2 amide bonds. The number of benzene rings is 7. The normalized spacial score (nSPS) is 12.8. The lowest BCUT2D eigenvalue weighted by atomic mass is 9.70. The molecule has 7 aromatic carbocycles. The molecule has 2 atom stereocenters. The first-order chi connectivity index (χ1) is 25.0. The fourth-order valence-electron chi connectivity index (χ4n) is 6.84. The second-order valence-electron chi connectivity index (χ2n) is 12.4. The number of amides is 2. The molecule has 0 heterocycles. The summed E-state index contributed by atoms with van der Waals surface area (Å²) >= 11 is 0. The third kappa shape index (κ3) is 6.94. The van der Waals surface area contributed by atoms with Crippen molar-refractivity contribution in [1.82, 2.24) is 0 Å². The monoisotopic (exact) mass is 666 g/mol. The van der Waals surface area contributed by atoms with Gasteiger partial charge in [-0.15, -0.1) is 0 Å². The van der Waals surface area contributed by atoms with Crippen LogP contribution in [0.15, 0.2) is 176 Å². The summed E-state index contributed by atoms with van der Waals surface area (Å²) in [6.07, 6.45) is 0. The minimum absolute atomic E-state index is 0.321. The molecule has 0 spiro atoms. The molecule has 7 aromatic rings. The highest BCUT2D eigenvalue weighted by Gasteiger charge is 2.47. The highest BCUT2D eigenvalue weighted by molar-refractivity contribution is 6.22. The first-order valence-corrected chi connectivity index (χ1v) is 16.8. The van der Waals surface area contributed by atoms with Crippen molar-refractivity contribution < 1.29 is 19.2 Å². The van der Waals surface area contributed by atoms with Gasteiger partial charge in [0, 0.05) is 28.4 Å². The Morgan fingerprint density at radius 1 is 0.373 bits per heavy atom. The maximum atomic E-state index is 15.2. The molecule has 0 fully saturated rings. The molecule has 0 saturated heterocycles. The molecule has 0 aliphatic carbocycles. The third-order valence-electron chi connectivity index (χ3n) is 9.23. The van der Waals surface area contributed by atoms with E-state index < -0.39 is 41.1 Å². The zero-order valence-electron chi connectivity index (χ0n) is 27.6. The molecule has 0 saturated carbocycles. The average molecular weight is 667 g/mol. The summed E-state index contributed by atoms with van der Waals surface area (Å²) in [4.78, 5) is 59.8. The Kier molecular flexibility index (Phi) is 9.57. The lowest BCUT2D eigenvalue weighted by molar-refractivity contribution is -0.121. The van der Waals surface area contributed by atoms with Gasteiger partial charge >= 0.3 is 0 Å². The lowest BCUT2D eigenvalue weighted by Gasteiger charge is -2.32. The number of anilines is 2. The predicted octanol–water partition coefficient (Wildman–Crippen LogP) is 9.35. The molecule has 0 aliphatic heterocycles. The molecule has 2 N–H and O–H groups in total. The van der Waals surface area contributed by atoms with Gasteiger partial charge in [-0.25, -0.2) is 0 Å². The third-order valence-corrected chi connectivity index (χ3v) is 9.23. The summed E-state index contributed by atoms with van der Waals surface area (Å²) in [5, 5.41) is 8.87. The Balaban J connectivity index is 1.46. The molecular weight excluding hydrogens is 633 g/mol. The van der Waals surface area contributed by atoms with Crippen molar-refractivity contribution in [2.45, 2.75) is 5.92 Å². The Hall–Kier alpha value is -6.66. The summed E-state index contributed by atoms with van der Waals surface area (Å²) in [5.74, 6) is -6.47. The van der Waals surface area contributed by atoms with Gasteiger partial charge in [0.05, 0.1) is 0 Å². The number of carbonyl (C=O) groups excluding carboxylic acids is 4. The molecular formula is C45H34N2O4. The maximum Gasteiger partial charge on any atom is 0.236 e. The van der Waals surface area contributed by atoms with Gasteiger partial charge in [0.1, 0.15) is 11.8 Å². The molecule has 7 rings (SSSR count). The van der Waals surface area contributed by atoms with Crippen LogP contribution in [0.3, 0.4) is 0 Å². The minimum Gasteiger partial charge on any atom is -0.325 e. The van der Waals surface area contributed by atoms with Crippen LogP contribution in [-0.2, 0) is 9.59 Å². The summed E-state index contributed by atoms with van der Waals surface area (Å²) < 4.78 is 0. The summed E-state index contributed by atoms with van der Waals surface area (Å²) in [7, 11) is 0. The Labute approximate surface area is 295 Å². The number of Topliss-reactive ketones (excluding diaryl/α,β-unsaturated/α-hetero) is 2. The largest absolute Gasteiger partial charge is 0.325 e. The quantitative estimate of drug-likeness (QED) is 0.106. The second-order valence-corrected chi connectivity index (χ2v) is 12.4. The van der Waals surface area contributed by atoms with Crippen LogP contribution in [0, 0.1) is 11.8 Å². The highest BCUT2D eigenvalue weighted by Crippen LogP contribution is 2.40. The molecule has 0 radical (unpaired) electrons. The summed E-state index contributed by atoms with van der Waals surface area (Å²) in [5.41, 5.74) is 2.11. The van der Waals surface area contributed by atoms with Crippen LogP contribution in [0.25, 0.3) is 21.5 Å². The van der Waals surface area contributed by atoms with Crippen LogP contribution in [0.4, 0.5) is 11.4 Å². The smallest absolute Gasteiger partial charge is 0.236 e. The second kappa shape index (κ2) is 14.8. The minimum atomic E-state index is -1.50. The highest BCUT2D eigenvalue weighted by atomic mass is 16.2. The standard InChI is InChI=1S/C45H34N2O4/c48-42(37-28-14-20-30-16-10-12-26-35(30)37)40(44(50)46-33-22-6-2-7-23-33)39(32-18-4-1-5-19-32)41(45(51)47-34-24-8-3-9-25-34)43(49)38-29-15-21-31-17-11-13-27-36(31)38/h1-29,39-41H,(H,46,50)(H,47,51). The topological polar surface area (TPSA) is 92.3 Å². The van der Waals surface area contributed by atoms with E-state index in [-0.39, 0.29) is 0 Å². The van der Waals surface area contributed by atoms with Crippen molar-refractivity contribution in [2.75, 3.05) is 10.6 Å². The molecule has 6 nitrogen and oxygen atoms in total. The summed E-state index contributed by atoms with van der Waals surface area (Å²) in [6.45, 7) is 0. The zero-order chi connectivity index (χ0) is 35.2. The van der Waals surface area contributed by atoms with Crippen LogP contribution in [-0.4, -0.2) is 23.4 Å². The average Bonchev–Trinajstić information content (AvgIpc) is 3.18. The number of hydrogen-bond donors (Lipinski definition) is 2. The van der Waals surface area contributed by atoms with Crippen LogP contribution in [0.5, 0.6) is 0 Å². The van der Waals surface area contributed by atoms with Gasteiger partial charge in [-0.2, -0.15) is 0 Å². The van der Waals surface area contributed by atoms with Gasteiger partial charge in [0.15, 0.2) is 11.6 Å². The molecule has 2 unspecified atom stereocenters. The molecule has 6 heteroatoms. The van der Waals surface area contributed by atoms with E-state index in [0.717, 1.165) is 10.8 Å². The number of hydrogen-bond acceptors (Lipinski definition) is 4. The first-order valence-electron chi connectivity index (χ1n) is 16.8. The van der Waals surface area contributed by atoms with Crippen molar-refractivity contribution in [3.05, 3.63) is 193 Å². The molecule has 248 valence electrons. The summed E-state index contributed by atoms with van der Waals surface area (Å²) in [6, 6.07) is 52.3. The van der Waals surface area contributed by atoms with Gasteiger partial charge in [-0.05, 0) is 51.4 Å². The molecule has 0 bridgehead atoms. The van der Waals surface area contributed by atoms with Crippen molar-refractivity contribution in [2.24, 2.45) is 11.8 Å². The van der Waals surface area contributed by atoms with Crippen molar-refractivity contribution in [1.29, 1.82) is 0 Å².